The van der Waals surface area contributed by atoms with Gasteiger partial charge in [0.05, 0.1) is 11.9 Å². The van der Waals surface area contributed by atoms with Crippen LogP contribution in [0.1, 0.15) is 46.9 Å². The lowest BCUT2D eigenvalue weighted by atomic mass is 10.0. The number of carbonyl (C=O) groups is 1. The predicted octanol–water partition coefficient (Wildman–Crippen LogP) is 5.38. The van der Waals surface area contributed by atoms with E-state index in [1.54, 1.807) is 12.3 Å². The Kier molecular flexibility index (Phi) is 5.87. The fourth-order valence-corrected chi connectivity index (χ4v) is 2.78. The summed E-state index contributed by atoms with van der Waals surface area (Å²) in [6.07, 6.45) is 1.69. The first-order valence-electron chi connectivity index (χ1n) is 9.18. The second kappa shape index (κ2) is 8.49. The van der Waals surface area contributed by atoms with Gasteiger partial charge >= 0.3 is 0 Å². The van der Waals surface area contributed by atoms with Crippen LogP contribution in [0.5, 0.6) is 0 Å². The van der Waals surface area contributed by atoms with Gasteiger partial charge < -0.3 is 10.6 Å². The Labute approximate surface area is 160 Å². The molecule has 0 spiro atoms. The van der Waals surface area contributed by atoms with E-state index in [4.69, 9.17) is 0 Å². The zero-order valence-electron chi connectivity index (χ0n) is 16.0. The molecule has 0 atom stereocenters. The van der Waals surface area contributed by atoms with Crippen LogP contribution in [0.25, 0.3) is 0 Å². The van der Waals surface area contributed by atoms with Gasteiger partial charge in [-0.25, -0.2) is 4.98 Å². The number of amides is 1. The van der Waals surface area contributed by atoms with E-state index >= 15 is 0 Å². The first-order valence-corrected chi connectivity index (χ1v) is 9.18. The molecule has 0 aliphatic carbocycles. The molecule has 2 aromatic carbocycles. The van der Waals surface area contributed by atoms with Gasteiger partial charge in [-0.1, -0.05) is 50.2 Å². The number of nitrogens with one attached hydrogen (secondary N) is 2. The minimum absolute atomic E-state index is 0.210. The summed E-state index contributed by atoms with van der Waals surface area (Å²) in [7, 11) is 0. The molecular formula is C23H25N3O. The average Bonchev–Trinajstić information content (AvgIpc) is 2.68. The van der Waals surface area contributed by atoms with Crippen molar-refractivity contribution in [2.24, 2.45) is 0 Å². The zero-order chi connectivity index (χ0) is 19.2. The van der Waals surface area contributed by atoms with Gasteiger partial charge in [0.2, 0.25) is 0 Å². The van der Waals surface area contributed by atoms with Gasteiger partial charge in [-0.15, -0.1) is 0 Å². The van der Waals surface area contributed by atoms with Gasteiger partial charge in [0.15, 0.2) is 0 Å². The van der Waals surface area contributed by atoms with E-state index < -0.39 is 0 Å². The van der Waals surface area contributed by atoms with Gasteiger partial charge in [0.25, 0.3) is 5.91 Å². The number of benzene rings is 2. The highest BCUT2D eigenvalue weighted by molar-refractivity contribution is 6.02. The van der Waals surface area contributed by atoms with Gasteiger partial charge in [-0.2, -0.15) is 0 Å². The van der Waals surface area contributed by atoms with Crippen LogP contribution in [0, 0.1) is 6.92 Å². The lowest BCUT2D eigenvalue weighted by molar-refractivity contribution is 0.102. The second-order valence-electron chi connectivity index (χ2n) is 6.94. The fourth-order valence-electron chi connectivity index (χ4n) is 2.78. The van der Waals surface area contributed by atoms with Crippen LogP contribution in [-0.2, 0) is 6.54 Å². The molecule has 4 heteroatoms. The third-order valence-electron chi connectivity index (χ3n) is 4.58. The number of anilines is 2. The van der Waals surface area contributed by atoms with E-state index in [1.807, 2.05) is 42.5 Å². The highest BCUT2D eigenvalue weighted by Crippen LogP contribution is 2.18. The smallest absolute Gasteiger partial charge is 0.274 e. The largest absolute Gasteiger partial charge is 0.380 e. The normalized spacial score (nSPS) is 10.7. The van der Waals surface area contributed by atoms with Crippen molar-refractivity contribution in [2.75, 3.05) is 10.6 Å². The summed E-state index contributed by atoms with van der Waals surface area (Å²) in [5.74, 6) is 0.258. The van der Waals surface area contributed by atoms with Crippen molar-refractivity contribution in [3.8, 4) is 0 Å². The molecule has 0 bridgehead atoms. The minimum Gasteiger partial charge on any atom is -0.380 e. The van der Waals surface area contributed by atoms with Crippen LogP contribution in [-0.4, -0.2) is 10.9 Å². The number of hydrogen-bond donors (Lipinski definition) is 2. The summed E-state index contributed by atoms with van der Waals surface area (Å²) in [5.41, 5.74) is 5.78. The Morgan fingerprint density at radius 3 is 2.30 bits per heavy atom. The van der Waals surface area contributed by atoms with Crippen molar-refractivity contribution in [2.45, 2.75) is 33.2 Å². The molecule has 0 fully saturated rings. The van der Waals surface area contributed by atoms with E-state index in [2.05, 4.69) is 48.5 Å². The van der Waals surface area contributed by atoms with Crippen LogP contribution in [0.3, 0.4) is 0 Å². The third kappa shape index (κ3) is 4.94. The van der Waals surface area contributed by atoms with E-state index in [0.29, 0.717) is 11.6 Å². The maximum absolute atomic E-state index is 12.4. The van der Waals surface area contributed by atoms with Crippen molar-refractivity contribution >= 4 is 17.3 Å². The Morgan fingerprint density at radius 2 is 1.67 bits per heavy atom. The molecule has 3 aromatic rings. The van der Waals surface area contributed by atoms with E-state index in [1.165, 1.54) is 16.7 Å². The highest BCUT2D eigenvalue weighted by atomic mass is 16.1. The maximum atomic E-state index is 12.4. The molecule has 0 saturated heterocycles. The van der Waals surface area contributed by atoms with E-state index in [0.717, 1.165) is 17.9 Å². The number of aryl methyl sites for hydroxylation is 1. The second-order valence-corrected chi connectivity index (χ2v) is 6.94. The summed E-state index contributed by atoms with van der Waals surface area (Å²) in [6, 6.07) is 19.8. The fraction of sp³-hybridized carbons (Fsp3) is 0.217. The monoisotopic (exact) mass is 359 g/mol. The molecule has 27 heavy (non-hydrogen) atoms. The van der Waals surface area contributed by atoms with Crippen LogP contribution >= 0.6 is 0 Å². The number of nitrogens with zero attached hydrogens (tertiary/aromatic N) is 1. The summed E-state index contributed by atoms with van der Waals surface area (Å²) in [6.45, 7) is 7.11. The molecule has 1 heterocycles. The molecule has 1 aromatic heterocycles. The van der Waals surface area contributed by atoms with Gasteiger partial charge in [-0.3, -0.25) is 4.79 Å². The van der Waals surface area contributed by atoms with Gasteiger partial charge in [0.1, 0.15) is 5.69 Å². The third-order valence-corrected chi connectivity index (χ3v) is 4.58. The highest BCUT2D eigenvalue weighted by Gasteiger charge is 2.08. The lowest BCUT2D eigenvalue weighted by Gasteiger charge is -2.10. The molecule has 0 radical (unpaired) electrons. The van der Waals surface area contributed by atoms with Crippen molar-refractivity contribution < 1.29 is 4.79 Å². The van der Waals surface area contributed by atoms with E-state index in [9.17, 15) is 4.79 Å². The molecule has 138 valence electrons. The van der Waals surface area contributed by atoms with E-state index in [-0.39, 0.29) is 5.91 Å². The number of carbonyl (C=O) groups excluding carboxylic acids is 1. The first kappa shape index (κ1) is 18.6. The van der Waals surface area contributed by atoms with Crippen LogP contribution in [0.15, 0.2) is 66.9 Å². The van der Waals surface area contributed by atoms with Crippen molar-refractivity contribution in [3.63, 3.8) is 0 Å². The maximum Gasteiger partial charge on any atom is 0.274 e. The minimum atomic E-state index is -0.210. The number of aromatic nitrogens is 1. The molecular weight excluding hydrogens is 334 g/mol. The summed E-state index contributed by atoms with van der Waals surface area (Å²) in [4.78, 5) is 16.7. The topological polar surface area (TPSA) is 54.0 Å². The predicted molar refractivity (Wildman–Crippen MR) is 111 cm³/mol. The summed E-state index contributed by atoms with van der Waals surface area (Å²) < 4.78 is 0. The van der Waals surface area contributed by atoms with Crippen molar-refractivity contribution in [3.05, 3.63) is 89.2 Å². The average molecular weight is 359 g/mol. The first-order chi connectivity index (χ1) is 13.0. The molecule has 2 N–H and O–H groups in total. The lowest BCUT2D eigenvalue weighted by Crippen LogP contribution is -2.13. The van der Waals surface area contributed by atoms with Crippen LogP contribution in [0.4, 0.5) is 11.4 Å². The van der Waals surface area contributed by atoms with Crippen molar-refractivity contribution in [1.29, 1.82) is 0 Å². The van der Waals surface area contributed by atoms with Crippen molar-refractivity contribution in [1.82, 2.24) is 4.98 Å². The van der Waals surface area contributed by atoms with Gasteiger partial charge in [-0.05, 0) is 53.8 Å². The number of rotatable bonds is 6. The molecule has 0 unspecified atom stereocenters. The molecule has 0 aliphatic heterocycles. The van der Waals surface area contributed by atoms with Gasteiger partial charge in [0, 0.05) is 12.2 Å². The standard InChI is InChI=1S/C23H25N3O/c1-16(2)18-8-10-20(11-9-18)26-23(27)22-13-12-21(15-25-22)24-14-19-7-5-4-6-17(19)3/h4-13,15-16,24H,14H2,1-3H3,(H,26,27). The molecule has 0 aliphatic rings. The van der Waals surface area contributed by atoms with Crippen LogP contribution < -0.4 is 10.6 Å². The molecule has 0 saturated carbocycles. The van der Waals surface area contributed by atoms with Crippen LogP contribution in [0.2, 0.25) is 0 Å². The molecule has 1 amide bonds. The SMILES string of the molecule is Cc1ccccc1CNc1ccc(C(=O)Nc2ccc(C(C)C)cc2)nc1. The quantitative estimate of drug-likeness (QED) is 0.621. The number of pyridine rings is 1. The molecule has 3 rings (SSSR count). The Morgan fingerprint density at radius 1 is 0.963 bits per heavy atom. The zero-order valence-corrected chi connectivity index (χ0v) is 16.0. The molecule has 4 nitrogen and oxygen atoms in total. The Hall–Kier alpha value is -3.14. The Balaban J connectivity index is 1.59. The summed E-state index contributed by atoms with van der Waals surface area (Å²) in [5, 5.41) is 6.23. The number of hydrogen-bond acceptors (Lipinski definition) is 3. The summed E-state index contributed by atoms with van der Waals surface area (Å²) >= 11 is 0. The Bertz CT molecular complexity index is 900.